The predicted molar refractivity (Wildman–Crippen MR) is 106 cm³/mol. The van der Waals surface area contributed by atoms with Gasteiger partial charge in [-0.1, -0.05) is 19.1 Å². The lowest BCUT2D eigenvalue weighted by molar-refractivity contribution is -0.120. The number of hydrogen-bond donors (Lipinski definition) is 1. The van der Waals surface area contributed by atoms with Crippen LogP contribution >= 0.6 is 0 Å². The summed E-state index contributed by atoms with van der Waals surface area (Å²) in [6.45, 7) is 3.10. The minimum absolute atomic E-state index is 0.108. The van der Waals surface area contributed by atoms with E-state index in [2.05, 4.69) is 17.3 Å². The Morgan fingerprint density at radius 1 is 1.25 bits per heavy atom. The van der Waals surface area contributed by atoms with Crippen molar-refractivity contribution in [3.8, 4) is 5.75 Å². The standard InChI is InChI=1S/C19H26N4O4S/c1-3-15-4-6-18(7-5-15)27-14-22-13-17(12-20-22)21-19(24)16-8-10-23(11-9-16)28(2,25)26/h4-7,12-13,16H,3,8-11,14H2,1-2H3,(H,21,24). The molecule has 1 fully saturated rings. The van der Waals surface area contributed by atoms with Crippen LogP contribution in [0, 0.1) is 5.92 Å². The number of ether oxygens (including phenoxy) is 1. The molecule has 1 N–H and O–H groups in total. The molecule has 1 aromatic carbocycles. The summed E-state index contributed by atoms with van der Waals surface area (Å²) in [5.74, 6) is 0.453. The minimum atomic E-state index is -3.19. The Hall–Kier alpha value is -2.39. The maximum atomic E-state index is 12.4. The summed E-state index contributed by atoms with van der Waals surface area (Å²) in [5.41, 5.74) is 1.85. The molecular weight excluding hydrogens is 380 g/mol. The number of carbonyl (C=O) groups is 1. The topological polar surface area (TPSA) is 93.5 Å². The summed E-state index contributed by atoms with van der Waals surface area (Å²) in [4.78, 5) is 12.4. The number of aryl methyl sites for hydroxylation is 1. The lowest BCUT2D eigenvalue weighted by Crippen LogP contribution is -2.40. The Bertz CT molecular complexity index is 900. The number of carbonyl (C=O) groups excluding carboxylic acids is 1. The highest BCUT2D eigenvalue weighted by Crippen LogP contribution is 2.21. The van der Waals surface area contributed by atoms with Crippen LogP contribution in [0.15, 0.2) is 36.7 Å². The summed E-state index contributed by atoms with van der Waals surface area (Å²) in [6, 6.07) is 7.90. The van der Waals surface area contributed by atoms with Gasteiger partial charge < -0.3 is 10.1 Å². The van der Waals surface area contributed by atoms with Gasteiger partial charge in [-0.15, -0.1) is 0 Å². The van der Waals surface area contributed by atoms with E-state index in [1.807, 2.05) is 24.3 Å². The molecule has 0 radical (unpaired) electrons. The molecule has 3 rings (SSSR count). The van der Waals surface area contributed by atoms with Gasteiger partial charge in [-0.05, 0) is 37.0 Å². The quantitative estimate of drug-likeness (QED) is 0.760. The van der Waals surface area contributed by atoms with Crippen molar-refractivity contribution in [2.75, 3.05) is 24.7 Å². The van der Waals surface area contributed by atoms with Crippen LogP contribution in [0.1, 0.15) is 25.3 Å². The molecule has 1 aliphatic rings. The van der Waals surface area contributed by atoms with Gasteiger partial charge in [0.15, 0.2) is 6.73 Å². The van der Waals surface area contributed by atoms with Crippen LogP contribution in [0.5, 0.6) is 5.75 Å². The van der Waals surface area contributed by atoms with E-state index in [4.69, 9.17) is 4.74 Å². The molecule has 0 atom stereocenters. The van der Waals surface area contributed by atoms with E-state index >= 15 is 0 Å². The number of sulfonamides is 1. The van der Waals surface area contributed by atoms with Gasteiger partial charge in [-0.3, -0.25) is 4.79 Å². The summed E-state index contributed by atoms with van der Waals surface area (Å²) in [6.07, 6.45) is 6.50. The second-order valence-corrected chi connectivity index (χ2v) is 8.95. The van der Waals surface area contributed by atoms with Crippen LogP contribution in [0.3, 0.4) is 0 Å². The van der Waals surface area contributed by atoms with Crippen molar-refractivity contribution in [2.24, 2.45) is 5.92 Å². The zero-order chi connectivity index (χ0) is 20.1. The monoisotopic (exact) mass is 406 g/mol. The molecule has 0 aliphatic carbocycles. The van der Waals surface area contributed by atoms with Crippen LogP contribution in [-0.4, -0.2) is 47.8 Å². The number of benzene rings is 1. The molecule has 0 saturated carbocycles. The summed E-state index contributed by atoms with van der Waals surface area (Å²) in [5, 5.41) is 7.05. The summed E-state index contributed by atoms with van der Waals surface area (Å²) >= 11 is 0. The van der Waals surface area contributed by atoms with Gasteiger partial charge in [0.25, 0.3) is 0 Å². The molecular formula is C19H26N4O4S. The number of nitrogens with zero attached hydrogens (tertiary/aromatic N) is 3. The molecule has 1 aliphatic heterocycles. The third-order valence-electron chi connectivity index (χ3n) is 4.89. The average Bonchev–Trinajstić information content (AvgIpc) is 3.13. The van der Waals surface area contributed by atoms with Crippen molar-refractivity contribution in [3.63, 3.8) is 0 Å². The minimum Gasteiger partial charge on any atom is -0.471 e. The number of aromatic nitrogens is 2. The fourth-order valence-corrected chi connectivity index (χ4v) is 4.03. The van der Waals surface area contributed by atoms with Crippen LogP contribution in [0.2, 0.25) is 0 Å². The van der Waals surface area contributed by atoms with E-state index in [-0.39, 0.29) is 18.6 Å². The number of anilines is 1. The maximum absolute atomic E-state index is 12.4. The number of rotatable bonds is 7. The third-order valence-corrected chi connectivity index (χ3v) is 6.19. The highest BCUT2D eigenvalue weighted by Gasteiger charge is 2.29. The van der Waals surface area contributed by atoms with Gasteiger partial charge >= 0.3 is 0 Å². The Morgan fingerprint density at radius 3 is 2.54 bits per heavy atom. The summed E-state index contributed by atoms with van der Waals surface area (Å²) < 4.78 is 31.8. The van der Waals surface area contributed by atoms with Crippen molar-refractivity contribution in [3.05, 3.63) is 42.2 Å². The lowest BCUT2D eigenvalue weighted by atomic mass is 9.97. The maximum Gasteiger partial charge on any atom is 0.227 e. The molecule has 0 spiro atoms. The van der Waals surface area contributed by atoms with Gasteiger partial charge in [-0.2, -0.15) is 5.10 Å². The fourth-order valence-electron chi connectivity index (χ4n) is 3.15. The van der Waals surface area contributed by atoms with Crippen molar-refractivity contribution in [2.45, 2.75) is 32.9 Å². The second kappa shape index (κ2) is 8.74. The van der Waals surface area contributed by atoms with Crippen molar-refractivity contribution in [1.82, 2.24) is 14.1 Å². The number of hydrogen-bond acceptors (Lipinski definition) is 5. The smallest absolute Gasteiger partial charge is 0.227 e. The van der Waals surface area contributed by atoms with E-state index in [9.17, 15) is 13.2 Å². The zero-order valence-electron chi connectivity index (χ0n) is 16.2. The van der Waals surface area contributed by atoms with Gasteiger partial charge in [0.2, 0.25) is 15.9 Å². The number of amides is 1. The van der Waals surface area contributed by atoms with Crippen LogP contribution < -0.4 is 10.1 Å². The Kier molecular flexibility index (Phi) is 6.35. The molecule has 28 heavy (non-hydrogen) atoms. The molecule has 0 bridgehead atoms. The highest BCUT2D eigenvalue weighted by molar-refractivity contribution is 7.88. The van der Waals surface area contributed by atoms with Crippen LogP contribution in [0.4, 0.5) is 5.69 Å². The lowest BCUT2D eigenvalue weighted by Gasteiger charge is -2.29. The van der Waals surface area contributed by atoms with Gasteiger partial charge in [0.05, 0.1) is 24.3 Å². The first-order valence-corrected chi connectivity index (χ1v) is 11.2. The molecule has 1 saturated heterocycles. The first kappa shape index (κ1) is 20.3. The normalized spacial score (nSPS) is 16.1. The number of nitrogens with one attached hydrogen (secondary N) is 1. The molecule has 9 heteroatoms. The van der Waals surface area contributed by atoms with Crippen molar-refractivity contribution < 1.29 is 17.9 Å². The predicted octanol–water partition coefficient (Wildman–Crippen LogP) is 2.09. The molecule has 1 aromatic heterocycles. The fraction of sp³-hybridized carbons (Fsp3) is 0.474. The number of piperidine rings is 1. The molecule has 2 aromatic rings. The molecule has 2 heterocycles. The molecule has 152 valence electrons. The molecule has 1 amide bonds. The first-order valence-electron chi connectivity index (χ1n) is 9.35. The zero-order valence-corrected chi connectivity index (χ0v) is 17.0. The van der Waals surface area contributed by atoms with E-state index in [0.29, 0.717) is 31.6 Å². The molecule has 0 unspecified atom stereocenters. The van der Waals surface area contributed by atoms with Crippen LogP contribution in [0.25, 0.3) is 0 Å². The Morgan fingerprint density at radius 2 is 1.93 bits per heavy atom. The highest BCUT2D eigenvalue weighted by atomic mass is 32.2. The van der Waals surface area contributed by atoms with E-state index < -0.39 is 10.0 Å². The Balaban J connectivity index is 1.48. The molecule has 8 nitrogen and oxygen atoms in total. The van der Waals surface area contributed by atoms with E-state index in [1.165, 1.54) is 16.1 Å². The van der Waals surface area contributed by atoms with E-state index in [1.54, 1.807) is 17.1 Å². The van der Waals surface area contributed by atoms with Crippen molar-refractivity contribution >= 4 is 21.6 Å². The average molecular weight is 407 g/mol. The van der Waals surface area contributed by atoms with Crippen molar-refractivity contribution in [1.29, 1.82) is 0 Å². The summed E-state index contributed by atoms with van der Waals surface area (Å²) in [7, 11) is -3.19. The largest absolute Gasteiger partial charge is 0.471 e. The second-order valence-electron chi connectivity index (χ2n) is 6.96. The van der Waals surface area contributed by atoms with E-state index in [0.717, 1.165) is 12.2 Å². The van der Waals surface area contributed by atoms with Gasteiger partial charge in [0, 0.05) is 19.0 Å². The van der Waals surface area contributed by atoms with Gasteiger partial charge in [-0.25, -0.2) is 17.4 Å². The third kappa shape index (κ3) is 5.32. The Labute approximate surface area is 165 Å². The van der Waals surface area contributed by atoms with Crippen LogP contribution in [-0.2, 0) is 28.0 Å². The SMILES string of the molecule is CCc1ccc(OCn2cc(NC(=O)C3CCN(S(C)(=O)=O)CC3)cn2)cc1. The first-order chi connectivity index (χ1) is 13.3. The van der Waals surface area contributed by atoms with Gasteiger partial charge in [0.1, 0.15) is 5.75 Å².